The lowest BCUT2D eigenvalue weighted by atomic mass is 10.0. The van der Waals surface area contributed by atoms with Crippen LogP contribution in [0.3, 0.4) is 0 Å². The zero-order chi connectivity index (χ0) is 24.4. The van der Waals surface area contributed by atoms with Crippen molar-refractivity contribution in [3.63, 3.8) is 0 Å². The van der Waals surface area contributed by atoms with Crippen LogP contribution in [0.5, 0.6) is 17.5 Å². The third-order valence-electron chi connectivity index (χ3n) is 5.55. The lowest BCUT2D eigenvalue weighted by Crippen LogP contribution is -2.10. The highest BCUT2D eigenvalue weighted by molar-refractivity contribution is 7.86. The van der Waals surface area contributed by atoms with E-state index in [0.717, 1.165) is 36.8 Å². The number of carbonyl (C=O) groups is 1. The second kappa shape index (κ2) is 12.6. The van der Waals surface area contributed by atoms with E-state index in [1.807, 2.05) is 0 Å². The molecule has 2 aromatic rings. The third kappa shape index (κ3) is 7.78. The Hall–Kier alpha value is -2.52. The molecule has 184 valence electrons. The first-order chi connectivity index (χ1) is 15.7. The molecule has 33 heavy (non-hydrogen) atoms. The van der Waals surface area contributed by atoms with Gasteiger partial charge in [0.2, 0.25) is 5.88 Å². The van der Waals surface area contributed by atoms with Crippen molar-refractivity contribution in [3.05, 3.63) is 29.8 Å². The van der Waals surface area contributed by atoms with Crippen LogP contribution in [0.25, 0.3) is 5.69 Å². The van der Waals surface area contributed by atoms with E-state index in [4.69, 9.17) is 4.74 Å². The van der Waals surface area contributed by atoms with Gasteiger partial charge in [-0.15, -0.1) is 0 Å². The maximum atomic E-state index is 11.7. The van der Waals surface area contributed by atoms with Gasteiger partial charge in [-0.05, 0) is 25.0 Å². The van der Waals surface area contributed by atoms with Crippen molar-refractivity contribution in [2.45, 2.75) is 89.4 Å². The van der Waals surface area contributed by atoms with Crippen LogP contribution in [0.15, 0.2) is 29.2 Å². The van der Waals surface area contributed by atoms with Gasteiger partial charge >= 0.3 is 5.97 Å². The zero-order valence-corrected chi connectivity index (χ0v) is 20.2. The molecular formula is C24H35NO7S. The summed E-state index contributed by atoms with van der Waals surface area (Å²) in [7, 11) is -4.71. The Morgan fingerprint density at radius 3 is 2.09 bits per heavy atom. The molecule has 0 atom stereocenters. The summed E-state index contributed by atoms with van der Waals surface area (Å²) in [6.45, 7) is 3.29. The van der Waals surface area contributed by atoms with Gasteiger partial charge in [0, 0.05) is 18.6 Å². The molecule has 0 aliphatic carbocycles. The predicted octanol–water partition coefficient (Wildman–Crippen LogP) is 5.52. The van der Waals surface area contributed by atoms with Gasteiger partial charge < -0.3 is 14.9 Å². The second-order valence-electron chi connectivity index (χ2n) is 8.29. The molecule has 2 rings (SSSR count). The van der Waals surface area contributed by atoms with E-state index in [1.54, 1.807) is 0 Å². The number of ether oxygens (including phenoxy) is 1. The van der Waals surface area contributed by atoms with E-state index in [-0.39, 0.29) is 17.4 Å². The van der Waals surface area contributed by atoms with Gasteiger partial charge in [-0.25, -0.2) is 4.57 Å². The van der Waals surface area contributed by atoms with Crippen LogP contribution in [0.4, 0.5) is 0 Å². The van der Waals surface area contributed by atoms with Crippen LogP contribution in [-0.4, -0.2) is 33.7 Å². The normalized spacial score (nSPS) is 11.6. The first-order valence-corrected chi connectivity index (χ1v) is 13.0. The maximum absolute atomic E-state index is 11.7. The molecule has 0 bridgehead atoms. The highest BCUT2D eigenvalue weighted by Gasteiger charge is 2.25. The summed E-state index contributed by atoms with van der Waals surface area (Å²) in [4.78, 5) is 10.9. The number of hydrogen-bond donors (Lipinski definition) is 3. The van der Waals surface area contributed by atoms with Crippen molar-refractivity contribution >= 4 is 16.1 Å². The number of unbranched alkanes of at least 4 members (excludes halogenated alkanes) is 9. The van der Waals surface area contributed by atoms with E-state index >= 15 is 0 Å². The molecule has 0 aliphatic rings. The number of aromatic nitrogens is 1. The van der Waals surface area contributed by atoms with Gasteiger partial charge in [0.05, 0.1) is 5.69 Å². The average Bonchev–Trinajstić information content (AvgIpc) is 3.01. The Labute approximate surface area is 196 Å². The van der Waals surface area contributed by atoms with Gasteiger partial charge in [-0.1, -0.05) is 70.8 Å². The van der Waals surface area contributed by atoms with Crippen LogP contribution in [0, 0.1) is 0 Å². The van der Waals surface area contributed by atoms with Crippen molar-refractivity contribution in [2.24, 2.45) is 0 Å². The minimum absolute atomic E-state index is 0.0790. The van der Waals surface area contributed by atoms with Gasteiger partial charge in [0.15, 0.2) is 11.6 Å². The van der Waals surface area contributed by atoms with E-state index in [0.29, 0.717) is 12.0 Å². The monoisotopic (exact) mass is 481 g/mol. The summed E-state index contributed by atoms with van der Waals surface area (Å²) in [6, 6.07) is 5.16. The molecular weight excluding hydrogens is 446 g/mol. The predicted molar refractivity (Wildman–Crippen MR) is 126 cm³/mol. The Balaban J connectivity index is 2.07. The number of rotatable bonds is 14. The molecule has 8 nitrogen and oxygen atoms in total. The zero-order valence-electron chi connectivity index (χ0n) is 19.4. The fourth-order valence-corrected chi connectivity index (χ4v) is 4.52. The third-order valence-corrected chi connectivity index (χ3v) is 6.43. The Morgan fingerprint density at radius 1 is 0.970 bits per heavy atom. The van der Waals surface area contributed by atoms with Gasteiger partial charge in [0.25, 0.3) is 10.1 Å². The second-order valence-corrected chi connectivity index (χ2v) is 9.68. The number of hydrogen-bond acceptors (Lipinski definition) is 6. The lowest BCUT2D eigenvalue weighted by molar-refractivity contribution is -0.132. The van der Waals surface area contributed by atoms with Crippen molar-refractivity contribution in [2.75, 3.05) is 0 Å². The van der Waals surface area contributed by atoms with Crippen LogP contribution in [0.2, 0.25) is 0 Å². The largest absolute Gasteiger partial charge is 0.494 e. The smallest absolute Gasteiger partial charge is 0.308 e. The summed E-state index contributed by atoms with van der Waals surface area (Å²) in [6.07, 6.45) is 12.3. The molecule has 3 N–H and O–H groups in total. The van der Waals surface area contributed by atoms with Crippen LogP contribution in [0.1, 0.15) is 83.6 Å². The Bertz CT molecular complexity index is 1030. The van der Waals surface area contributed by atoms with Crippen molar-refractivity contribution in [3.8, 4) is 23.2 Å². The molecule has 1 heterocycles. The maximum Gasteiger partial charge on any atom is 0.308 e. The van der Waals surface area contributed by atoms with Crippen molar-refractivity contribution in [1.82, 2.24) is 4.57 Å². The van der Waals surface area contributed by atoms with Crippen LogP contribution in [-0.2, 0) is 21.3 Å². The van der Waals surface area contributed by atoms with E-state index in [2.05, 4.69) is 6.92 Å². The number of nitrogens with zero attached hydrogens (tertiary/aromatic N) is 1. The van der Waals surface area contributed by atoms with Crippen LogP contribution < -0.4 is 4.74 Å². The van der Waals surface area contributed by atoms with Crippen molar-refractivity contribution < 1.29 is 32.7 Å². The Morgan fingerprint density at radius 2 is 1.55 bits per heavy atom. The highest BCUT2D eigenvalue weighted by atomic mass is 32.2. The van der Waals surface area contributed by atoms with Crippen molar-refractivity contribution in [1.29, 1.82) is 0 Å². The highest BCUT2D eigenvalue weighted by Crippen LogP contribution is 2.39. The van der Waals surface area contributed by atoms with Gasteiger partial charge in [-0.3, -0.25) is 9.35 Å². The SMILES string of the molecule is CCCCCCCCCCCCc1cc(O)n(-c2cccc(S(=O)(=O)O)c2OC(C)=O)c1O. The first kappa shape index (κ1) is 26.7. The molecule has 1 aromatic carbocycles. The summed E-state index contributed by atoms with van der Waals surface area (Å²) < 4.78 is 39.0. The first-order valence-electron chi connectivity index (χ1n) is 11.6. The summed E-state index contributed by atoms with van der Waals surface area (Å²) >= 11 is 0. The topological polar surface area (TPSA) is 126 Å². The number of carbonyl (C=O) groups excluding carboxylic acids is 1. The Kier molecular flexibility index (Phi) is 10.2. The average molecular weight is 482 g/mol. The fourth-order valence-electron chi connectivity index (χ4n) is 3.89. The molecule has 0 saturated carbocycles. The number of esters is 1. The molecule has 0 fully saturated rings. The molecule has 0 radical (unpaired) electrons. The molecule has 1 aromatic heterocycles. The molecule has 9 heteroatoms. The number of para-hydroxylation sites is 1. The quantitative estimate of drug-likeness (QED) is 0.140. The van der Waals surface area contributed by atoms with E-state index < -0.39 is 26.7 Å². The molecule has 0 unspecified atom stereocenters. The minimum Gasteiger partial charge on any atom is -0.494 e. The van der Waals surface area contributed by atoms with Crippen LogP contribution >= 0.6 is 0 Å². The van der Waals surface area contributed by atoms with Gasteiger partial charge in [0.1, 0.15) is 4.90 Å². The van der Waals surface area contributed by atoms with E-state index in [9.17, 15) is 28.0 Å². The minimum atomic E-state index is -4.71. The summed E-state index contributed by atoms with van der Waals surface area (Å²) in [5.41, 5.74) is 0.419. The van der Waals surface area contributed by atoms with E-state index in [1.165, 1.54) is 63.1 Å². The number of benzene rings is 1. The summed E-state index contributed by atoms with van der Waals surface area (Å²) in [5, 5.41) is 21.1. The standard InChI is InChI=1S/C24H35NO7S/c1-3-4-5-6-7-8-9-10-11-12-14-19-17-22(27)25(24(19)28)20-15-13-16-21(33(29,30)31)23(20)32-18(2)26/h13,15-17,27-28H,3-12,14H2,1-2H3,(H,29,30,31). The lowest BCUT2D eigenvalue weighted by Gasteiger charge is -2.14. The molecule has 0 saturated heterocycles. The fraction of sp³-hybridized carbons (Fsp3) is 0.542. The molecule has 0 aliphatic heterocycles. The number of aryl methyl sites for hydroxylation is 1. The van der Waals surface area contributed by atoms with Gasteiger partial charge in [-0.2, -0.15) is 8.42 Å². The molecule has 0 spiro atoms. The summed E-state index contributed by atoms with van der Waals surface area (Å²) in [5.74, 6) is -1.90. The molecule has 0 amide bonds. The number of aromatic hydroxyl groups is 2.